The molecule has 8 heteroatoms. The third-order valence-electron chi connectivity index (χ3n) is 14.4. The summed E-state index contributed by atoms with van der Waals surface area (Å²) in [5.74, 6) is -0.765. The third kappa shape index (κ3) is 3.92. The summed E-state index contributed by atoms with van der Waals surface area (Å²) in [6.07, 6.45) is 10.8. The van der Waals surface area contributed by atoms with Gasteiger partial charge in [-0.25, -0.2) is 0 Å². The summed E-state index contributed by atoms with van der Waals surface area (Å²) in [5.41, 5.74) is -3.00. The molecule has 0 saturated heterocycles. The summed E-state index contributed by atoms with van der Waals surface area (Å²) >= 11 is 0. The van der Waals surface area contributed by atoms with Gasteiger partial charge in [-0.15, -0.1) is 0 Å². The van der Waals surface area contributed by atoms with Gasteiger partial charge < -0.3 is 10.0 Å². The number of aryl methyl sites for hydroxylation is 1. The number of fused-ring (bicyclic) bond motifs is 7. The largest absolute Gasteiger partial charge is 0.381 e. The van der Waals surface area contributed by atoms with Crippen molar-refractivity contribution in [3.63, 3.8) is 0 Å². The van der Waals surface area contributed by atoms with Crippen molar-refractivity contribution < 1.29 is 19.5 Å². The van der Waals surface area contributed by atoms with E-state index in [1.807, 2.05) is 27.0 Å². The van der Waals surface area contributed by atoms with E-state index in [1.165, 1.54) is 0 Å². The lowest BCUT2D eigenvalue weighted by Crippen LogP contribution is -2.74. The number of Topliss-reactive ketones (excluding diaryl/α,β-unsaturated/α-hetero) is 1. The van der Waals surface area contributed by atoms with E-state index >= 15 is 0 Å². The summed E-state index contributed by atoms with van der Waals surface area (Å²) in [7, 11) is 3.59. The molecular weight excluding hydrogens is 564 g/mol. The van der Waals surface area contributed by atoms with E-state index in [0.717, 1.165) is 44.1 Å². The molecule has 0 spiro atoms. The zero-order chi connectivity index (χ0) is 33.2. The molecule has 0 unspecified atom stereocenters. The smallest absolute Gasteiger partial charge is 0.271 e. The third-order valence-corrected chi connectivity index (χ3v) is 14.4. The lowest BCUT2D eigenvalue weighted by molar-refractivity contribution is -0.243. The number of carbonyl (C=O) groups excluding carboxylic acids is 3. The van der Waals surface area contributed by atoms with Gasteiger partial charge in [-0.3, -0.25) is 19.1 Å². The Morgan fingerprint density at radius 1 is 1.07 bits per heavy atom. The number of aromatic nitrogens is 2. The number of rotatable bonds is 3. The lowest BCUT2D eigenvalue weighted by atomic mass is 9.33. The molecule has 45 heavy (non-hydrogen) atoms. The first-order valence-electron chi connectivity index (χ1n) is 16.6. The van der Waals surface area contributed by atoms with Crippen LogP contribution in [0.5, 0.6) is 0 Å². The van der Waals surface area contributed by atoms with E-state index < -0.39 is 27.3 Å². The highest BCUT2D eigenvalue weighted by Crippen LogP contribution is 2.75. The van der Waals surface area contributed by atoms with Gasteiger partial charge in [0.05, 0.1) is 5.57 Å². The van der Waals surface area contributed by atoms with Crippen LogP contribution < -0.4 is 0 Å². The van der Waals surface area contributed by atoms with E-state index in [9.17, 15) is 24.8 Å². The fourth-order valence-electron chi connectivity index (χ4n) is 11.4. The zero-order valence-corrected chi connectivity index (χ0v) is 28.6. The summed E-state index contributed by atoms with van der Waals surface area (Å²) < 4.78 is 1.59. The number of nitriles is 1. The number of allylic oxidation sites excluding steroid dienone is 3. The number of hydrogen-bond acceptors (Lipinski definition) is 6. The van der Waals surface area contributed by atoms with Crippen molar-refractivity contribution in [1.29, 1.82) is 5.26 Å². The van der Waals surface area contributed by atoms with Gasteiger partial charge in [0, 0.05) is 49.0 Å². The van der Waals surface area contributed by atoms with E-state index in [2.05, 4.69) is 45.8 Å². The number of amides is 1. The molecule has 242 valence electrons. The maximum absolute atomic E-state index is 14.7. The molecule has 0 aromatic carbocycles. The maximum atomic E-state index is 14.7. The van der Waals surface area contributed by atoms with Crippen LogP contribution in [0.4, 0.5) is 0 Å². The first kappa shape index (κ1) is 31.9. The monoisotopic (exact) mass is 614 g/mol. The highest BCUT2D eigenvalue weighted by atomic mass is 16.3. The summed E-state index contributed by atoms with van der Waals surface area (Å²) in [5, 5.41) is 27.3. The molecule has 5 aliphatic carbocycles. The second-order valence-corrected chi connectivity index (χ2v) is 17.2. The molecule has 3 saturated carbocycles. The van der Waals surface area contributed by atoms with Gasteiger partial charge in [0.1, 0.15) is 17.4 Å². The Balaban J connectivity index is 1.42. The van der Waals surface area contributed by atoms with Crippen LogP contribution in [0, 0.1) is 55.7 Å². The topological polar surface area (TPSA) is 116 Å². The Morgan fingerprint density at radius 2 is 1.73 bits per heavy atom. The van der Waals surface area contributed by atoms with Crippen LogP contribution in [0.15, 0.2) is 35.6 Å². The normalized spacial score (nSPS) is 43.5. The van der Waals surface area contributed by atoms with Crippen LogP contribution in [0.3, 0.4) is 0 Å². The van der Waals surface area contributed by atoms with Crippen LogP contribution in [-0.2, 0) is 16.6 Å². The van der Waals surface area contributed by atoms with Crippen LogP contribution in [-0.4, -0.2) is 56.5 Å². The molecule has 1 amide bonds. The number of aliphatic hydroxyl groups is 1. The summed E-state index contributed by atoms with van der Waals surface area (Å²) in [4.78, 5) is 43.2. The van der Waals surface area contributed by atoms with Gasteiger partial charge in [0.2, 0.25) is 0 Å². The van der Waals surface area contributed by atoms with E-state index in [0.29, 0.717) is 18.7 Å². The van der Waals surface area contributed by atoms with E-state index in [1.54, 1.807) is 35.0 Å². The predicted molar refractivity (Wildman–Crippen MR) is 171 cm³/mol. The van der Waals surface area contributed by atoms with Crippen molar-refractivity contribution in [2.75, 3.05) is 13.6 Å². The van der Waals surface area contributed by atoms with Crippen LogP contribution >= 0.6 is 0 Å². The average Bonchev–Trinajstić information content (AvgIpc) is 3.40. The first-order chi connectivity index (χ1) is 20.7. The van der Waals surface area contributed by atoms with Gasteiger partial charge in [0.15, 0.2) is 11.6 Å². The maximum Gasteiger partial charge on any atom is 0.271 e. The minimum Gasteiger partial charge on any atom is -0.381 e. The number of carbonyl (C=O) groups is 3. The predicted octanol–water partition coefficient (Wildman–Crippen LogP) is 5.83. The molecule has 0 aliphatic heterocycles. The average molecular weight is 615 g/mol. The lowest BCUT2D eigenvalue weighted by Gasteiger charge is -2.71. The second-order valence-electron chi connectivity index (χ2n) is 17.2. The molecule has 8 nitrogen and oxygen atoms in total. The second kappa shape index (κ2) is 9.50. The van der Waals surface area contributed by atoms with Crippen molar-refractivity contribution in [3.05, 3.63) is 41.3 Å². The summed E-state index contributed by atoms with van der Waals surface area (Å²) in [6.45, 7) is 15.3. The molecule has 5 aliphatic rings. The molecule has 8 atom stereocenters. The molecule has 0 radical (unpaired) electrons. The van der Waals surface area contributed by atoms with Crippen molar-refractivity contribution in [2.45, 2.75) is 99.0 Å². The molecular formula is C37H50N4O4. The molecule has 3 fully saturated rings. The number of hydrogen-bond donors (Lipinski definition) is 1. The van der Waals surface area contributed by atoms with Crippen molar-refractivity contribution >= 4 is 17.5 Å². The van der Waals surface area contributed by atoms with Crippen molar-refractivity contribution in [1.82, 2.24) is 14.7 Å². The molecule has 1 aromatic heterocycles. The van der Waals surface area contributed by atoms with Gasteiger partial charge in [0.25, 0.3) is 5.91 Å². The van der Waals surface area contributed by atoms with Gasteiger partial charge in [-0.05, 0) is 84.8 Å². The van der Waals surface area contributed by atoms with Crippen molar-refractivity contribution in [2.24, 2.45) is 51.4 Å². The van der Waals surface area contributed by atoms with Crippen LogP contribution in [0.25, 0.3) is 0 Å². The quantitative estimate of drug-likeness (QED) is 0.458. The molecule has 6 rings (SSSR count). The minimum atomic E-state index is -1.57. The molecule has 1 heterocycles. The van der Waals surface area contributed by atoms with Crippen LogP contribution in [0.1, 0.15) is 104 Å². The first-order valence-corrected chi connectivity index (χ1v) is 16.6. The van der Waals surface area contributed by atoms with E-state index in [-0.39, 0.29) is 45.7 Å². The van der Waals surface area contributed by atoms with Crippen molar-refractivity contribution in [3.8, 4) is 6.07 Å². The van der Waals surface area contributed by atoms with Gasteiger partial charge in [-0.1, -0.05) is 54.5 Å². The van der Waals surface area contributed by atoms with E-state index in [4.69, 9.17) is 0 Å². The zero-order valence-electron chi connectivity index (χ0n) is 28.6. The Morgan fingerprint density at radius 3 is 2.36 bits per heavy atom. The Kier molecular flexibility index (Phi) is 6.74. The molecule has 0 bridgehead atoms. The fourth-order valence-corrected chi connectivity index (χ4v) is 11.4. The standard InChI is InChI=1S/C37H50N4O4/c1-31(2)25-10-12-35(6)26(34(25,5)19-23(21-38)29(31)43)18-28(42)37(45)27-20-32(3,13-14-33(27,4)15-16-36(35,37)7)22-40(8)30(44)24-11-17-39-41(24)9/h11,17-19,25,27,45H,10,12-16,20,22H2,1-9H3/t25-,27+,32-,33+,34-,35+,36-,37+/m0/s1. The Bertz CT molecular complexity index is 1610. The Labute approximate surface area is 267 Å². The van der Waals surface area contributed by atoms with Gasteiger partial charge in [-0.2, -0.15) is 10.4 Å². The highest BCUT2D eigenvalue weighted by Gasteiger charge is 2.75. The number of ketones is 2. The summed E-state index contributed by atoms with van der Waals surface area (Å²) in [6, 6.07) is 3.89. The fraction of sp³-hybridized carbons (Fsp3) is 0.703. The molecule has 1 aromatic rings. The highest BCUT2D eigenvalue weighted by molar-refractivity contribution is 6.05. The van der Waals surface area contributed by atoms with Crippen LogP contribution in [0.2, 0.25) is 0 Å². The Hall–Kier alpha value is -3.05. The minimum absolute atomic E-state index is 0.0455. The SMILES string of the molecule is CN(C[C@@]1(C)CC[C@]2(C)CC[C@@]3(C)[C@]4(C)CC[C@H]5C(C)(C)C(=O)C(C#N)=C[C@]5(C)C4=CC(=O)[C@]3(O)[C@@H]2C1)C(=O)c1ccnn1C. The number of nitrogens with zero attached hydrogens (tertiary/aromatic N) is 4. The molecule has 1 N–H and O–H groups in total. The van der Waals surface area contributed by atoms with Gasteiger partial charge >= 0.3 is 0 Å².